The number of aryl methyl sites for hydroxylation is 2. The van der Waals surface area contributed by atoms with Gasteiger partial charge in [-0.3, -0.25) is 0 Å². The summed E-state index contributed by atoms with van der Waals surface area (Å²) >= 11 is 0. The van der Waals surface area contributed by atoms with Crippen LogP contribution in [-0.2, 0) is 6.42 Å². The third-order valence-electron chi connectivity index (χ3n) is 8.53. The van der Waals surface area contributed by atoms with Crippen molar-refractivity contribution in [2.75, 3.05) is 13.2 Å². The van der Waals surface area contributed by atoms with Gasteiger partial charge in [0.25, 0.3) is 0 Å². The highest BCUT2D eigenvalue weighted by Crippen LogP contribution is 2.49. The van der Waals surface area contributed by atoms with E-state index in [1.54, 1.807) is 0 Å². The summed E-state index contributed by atoms with van der Waals surface area (Å²) in [6.07, 6.45) is 10.3. The molecular weight excluding hydrogens is 524 g/mol. The third kappa shape index (κ3) is 7.07. The first-order valence-electron chi connectivity index (χ1n) is 16.6. The topological polar surface area (TPSA) is 18.5 Å². The van der Waals surface area contributed by atoms with Gasteiger partial charge in [-0.05, 0) is 83.0 Å². The Bertz CT molecular complexity index is 1630. The molecule has 0 heterocycles. The molecule has 0 atom stereocenters. The molecule has 5 rings (SSSR count). The Morgan fingerprint density at radius 2 is 1.05 bits per heavy atom. The standard InChI is InChI=1S/C41H48O2/c1-5-8-11-12-17-32-28-38(42-26-9-6-2)40(35-20-15-13-18-33(32)35)41-36-21-16-14-19-34(36)37(29-39(41)43-27-10-7-3)31-24-22-30(4)23-25-31/h13-16,18-25,28-29H,5-12,17,26-27H2,1-4H3. The molecule has 2 heteroatoms. The Labute approximate surface area is 259 Å². The van der Waals surface area contributed by atoms with Gasteiger partial charge in [0.05, 0.1) is 13.2 Å². The predicted molar refractivity (Wildman–Crippen MR) is 186 cm³/mol. The summed E-state index contributed by atoms with van der Waals surface area (Å²) in [5, 5.41) is 5.00. The second-order valence-electron chi connectivity index (χ2n) is 11.9. The molecule has 2 nitrogen and oxygen atoms in total. The Morgan fingerprint density at radius 1 is 0.512 bits per heavy atom. The Hall–Kier alpha value is -3.78. The number of benzene rings is 5. The highest BCUT2D eigenvalue weighted by atomic mass is 16.5. The van der Waals surface area contributed by atoms with Gasteiger partial charge in [-0.1, -0.05) is 131 Å². The fourth-order valence-corrected chi connectivity index (χ4v) is 6.09. The molecule has 0 aliphatic heterocycles. The van der Waals surface area contributed by atoms with E-state index < -0.39 is 0 Å². The van der Waals surface area contributed by atoms with Crippen molar-refractivity contribution in [2.24, 2.45) is 0 Å². The minimum atomic E-state index is 0.689. The summed E-state index contributed by atoms with van der Waals surface area (Å²) < 4.78 is 13.4. The number of ether oxygens (including phenoxy) is 2. The molecular formula is C41H48O2. The van der Waals surface area contributed by atoms with E-state index in [4.69, 9.17) is 9.47 Å². The zero-order valence-electron chi connectivity index (χ0n) is 26.7. The third-order valence-corrected chi connectivity index (χ3v) is 8.53. The van der Waals surface area contributed by atoms with E-state index in [0.717, 1.165) is 54.7 Å². The zero-order chi connectivity index (χ0) is 30.0. The first-order valence-corrected chi connectivity index (χ1v) is 16.6. The molecule has 5 aromatic carbocycles. The molecule has 0 aliphatic carbocycles. The lowest BCUT2D eigenvalue weighted by Crippen LogP contribution is -2.04. The van der Waals surface area contributed by atoms with Gasteiger partial charge >= 0.3 is 0 Å². The van der Waals surface area contributed by atoms with Gasteiger partial charge in [0.15, 0.2) is 0 Å². The molecule has 0 spiro atoms. The maximum Gasteiger partial charge on any atom is 0.128 e. The minimum Gasteiger partial charge on any atom is -0.493 e. The second kappa shape index (κ2) is 15.1. The molecule has 5 aromatic rings. The van der Waals surface area contributed by atoms with E-state index in [-0.39, 0.29) is 0 Å². The van der Waals surface area contributed by atoms with Crippen molar-refractivity contribution < 1.29 is 9.47 Å². The van der Waals surface area contributed by atoms with Crippen molar-refractivity contribution >= 4 is 21.5 Å². The monoisotopic (exact) mass is 572 g/mol. The van der Waals surface area contributed by atoms with Gasteiger partial charge in [0, 0.05) is 11.1 Å². The number of fused-ring (bicyclic) bond motifs is 2. The molecule has 0 N–H and O–H groups in total. The lowest BCUT2D eigenvalue weighted by molar-refractivity contribution is 0.306. The first-order chi connectivity index (χ1) is 21.2. The lowest BCUT2D eigenvalue weighted by atomic mass is 9.86. The molecule has 0 radical (unpaired) electrons. The average molecular weight is 573 g/mol. The number of unbranched alkanes of at least 4 members (excludes halogenated alkanes) is 5. The van der Waals surface area contributed by atoms with Gasteiger partial charge in [-0.25, -0.2) is 0 Å². The largest absolute Gasteiger partial charge is 0.493 e. The van der Waals surface area contributed by atoms with Crippen LogP contribution in [0.4, 0.5) is 0 Å². The van der Waals surface area contributed by atoms with Crippen LogP contribution in [0.2, 0.25) is 0 Å². The molecule has 0 aliphatic rings. The average Bonchev–Trinajstić information content (AvgIpc) is 3.04. The van der Waals surface area contributed by atoms with Gasteiger partial charge < -0.3 is 9.47 Å². The van der Waals surface area contributed by atoms with Gasteiger partial charge in [0.1, 0.15) is 11.5 Å². The smallest absolute Gasteiger partial charge is 0.128 e. The minimum absolute atomic E-state index is 0.689. The molecule has 43 heavy (non-hydrogen) atoms. The van der Waals surface area contributed by atoms with E-state index in [9.17, 15) is 0 Å². The summed E-state index contributed by atoms with van der Waals surface area (Å²) in [5.74, 6) is 1.91. The second-order valence-corrected chi connectivity index (χ2v) is 11.9. The van der Waals surface area contributed by atoms with Gasteiger partial charge in [-0.2, -0.15) is 0 Å². The molecule has 0 unspecified atom stereocenters. The van der Waals surface area contributed by atoms with E-state index >= 15 is 0 Å². The number of hydrogen-bond acceptors (Lipinski definition) is 2. The molecule has 0 aromatic heterocycles. The molecule has 0 saturated heterocycles. The van der Waals surface area contributed by atoms with Crippen molar-refractivity contribution in [3.8, 4) is 33.8 Å². The predicted octanol–water partition coefficient (Wildman–Crippen LogP) is 12.1. The van der Waals surface area contributed by atoms with E-state index in [2.05, 4.69) is 113 Å². The fraction of sp³-hybridized carbons (Fsp3) is 0.366. The highest BCUT2D eigenvalue weighted by Gasteiger charge is 2.23. The van der Waals surface area contributed by atoms with Crippen molar-refractivity contribution in [3.05, 3.63) is 96.1 Å². The Balaban J connectivity index is 1.79. The molecule has 0 saturated carbocycles. The first kappa shape index (κ1) is 30.7. The van der Waals surface area contributed by atoms with Crippen LogP contribution in [0.3, 0.4) is 0 Å². The number of rotatable bonds is 15. The van der Waals surface area contributed by atoms with Crippen LogP contribution < -0.4 is 9.47 Å². The summed E-state index contributed by atoms with van der Waals surface area (Å²) in [7, 11) is 0. The highest BCUT2D eigenvalue weighted by molar-refractivity contribution is 6.13. The van der Waals surface area contributed by atoms with Crippen LogP contribution in [0.25, 0.3) is 43.8 Å². The fourth-order valence-electron chi connectivity index (χ4n) is 6.09. The maximum atomic E-state index is 6.72. The SMILES string of the molecule is CCCCCCc1cc(OCCCC)c(-c2c(OCCCC)cc(-c3ccc(C)cc3)c3ccccc23)c2ccccc12. The summed E-state index contributed by atoms with van der Waals surface area (Å²) in [4.78, 5) is 0. The van der Waals surface area contributed by atoms with Crippen LogP contribution in [0.15, 0.2) is 84.9 Å². The van der Waals surface area contributed by atoms with Gasteiger partial charge in [0.2, 0.25) is 0 Å². The zero-order valence-corrected chi connectivity index (χ0v) is 26.7. The quantitative estimate of drug-likeness (QED) is 0.116. The Morgan fingerprint density at radius 3 is 1.65 bits per heavy atom. The van der Waals surface area contributed by atoms with E-state index in [1.807, 2.05) is 0 Å². The maximum absolute atomic E-state index is 6.72. The molecule has 0 fully saturated rings. The summed E-state index contributed by atoms with van der Waals surface area (Å²) in [6, 6.07) is 31.2. The van der Waals surface area contributed by atoms with Crippen LogP contribution in [0.1, 0.15) is 83.3 Å². The van der Waals surface area contributed by atoms with Crippen LogP contribution in [-0.4, -0.2) is 13.2 Å². The van der Waals surface area contributed by atoms with Crippen LogP contribution in [0, 0.1) is 6.92 Å². The van der Waals surface area contributed by atoms with E-state index in [0.29, 0.717) is 13.2 Å². The van der Waals surface area contributed by atoms with Crippen molar-refractivity contribution in [1.82, 2.24) is 0 Å². The van der Waals surface area contributed by atoms with Crippen molar-refractivity contribution in [2.45, 2.75) is 85.5 Å². The van der Waals surface area contributed by atoms with E-state index in [1.165, 1.54) is 69.5 Å². The Kier molecular flexibility index (Phi) is 10.8. The molecule has 0 amide bonds. The van der Waals surface area contributed by atoms with Crippen molar-refractivity contribution in [3.63, 3.8) is 0 Å². The van der Waals surface area contributed by atoms with Crippen LogP contribution >= 0.6 is 0 Å². The number of hydrogen-bond donors (Lipinski definition) is 0. The molecule has 0 bridgehead atoms. The summed E-state index contributed by atoms with van der Waals surface area (Å²) in [6.45, 7) is 10.3. The van der Waals surface area contributed by atoms with Crippen molar-refractivity contribution in [1.29, 1.82) is 0 Å². The van der Waals surface area contributed by atoms with Gasteiger partial charge in [-0.15, -0.1) is 0 Å². The van der Waals surface area contributed by atoms with Crippen LogP contribution in [0.5, 0.6) is 11.5 Å². The summed E-state index contributed by atoms with van der Waals surface area (Å²) in [5.41, 5.74) is 7.36. The lowest BCUT2D eigenvalue weighted by Gasteiger charge is -2.23. The molecule has 224 valence electrons. The normalized spacial score (nSPS) is 11.3.